The Labute approximate surface area is 157 Å². The molecule has 1 amide bonds. The average Bonchev–Trinajstić information content (AvgIpc) is 3.00. The van der Waals surface area contributed by atoms with Crippen LogP contribution in [0.4, 0.5) is 0 Å². The first-order chi connectivity index (χ1) is 12.1. The lowest BCUT2D eigenvalue weighted by Crippen LogP contribution is -2.16. The zero-order valence-electron chi connectivity index (χ0n) is 13.3. The summed E-state index contributed by atoms with van der Waals surface area (Å²) in [5, 5.41) is 5.34. The number of fused-ring (bicyclic) bond motifs is 1. The fourth-order valence-corrected chi connectivity index (χ4v) is 2.81. The maximum Gasteiger partial charge on any atom is 0.307 e. The molecule has 7 heteroatoms. The molecule has 128 valence electrons. The lowest BCUT2D eigenvalue weighted by Gasteiger charge is -2.06. The van der Waals surface area contributed by atoms with Gasteiger partial charge in [-0.05, 0) is 49.4 Å². The summed E-state index contributed by atoms with van der Waals surface area (Å²) in [6.45, 7) is 2.40. The molecule has 0 aliphatic carbocycles. The van der Waals surface area contributed by atoms with E-state index in [2.05, 4.69) is 26.5 Å². The van der Waals surface area contributed by atoms with Crippen LogP contribution in [-0.2, 0) is 0 Å². The van der Waals surface area contributed by atoms with Gasteiger partial charge in [-0.15, -0.1) is 0 Å². The van der Waals surface area contributed by atoms with Crippen molar-refractivity contribution in [2.75, 3.05) is 6.61 Å². The summed E-state index contributed by atoms with van der Waals surface area (Å²) in [6, 6.07) is 12.4. The highest BCUT2D eigenvalue weighted by Crippen LogP contribution is 2.23. The van der Waals surface area contributed by atoms with Gasteiger partial charge in [0, 0.05) is 20.4 Å². The first-order valence-corrected chi connectivity index (χ1v) is 8.69. The zero-order chi connectivity index (χ0) is 17.8. The number of rotatable bonds is 5. The highest BCUT2D eigenvalue weighted by Gasteiger charge is 2.12. The van der Waals surface area contributed by atoms with E-state index < -0.39 is 5.91 Å². The number of halogens is 2. The highest BCUT2D eigenvalue weighted by atomic mass is 79.9. The number of benzene rings is 2. The molecule has 1 heterocycles. The second kappa shape index (κ2) is 7.72. The molecule has 1 aromatic heterocycles. The third-order valence-electron chi connectivity index (χ3n) is 3.34. The van der Waals surface area contributed by atoms with Crippen molar-refractivity contribution < 1.29 is 13.9 Å². The largest absolute Gasteiger partial charge is 0.493 e. The minimum absolute atomic E-state index is 0.182. The van der Waals surface area contributed by atoms with Crippen molar-refractivity contribution in [2.24, 2.45) is 5.10 Å². The third kappa shape index (κ3) is 4.21. The van der Waals surface area contributed by atoms with E-state index in [-0.39, 0.29) is 5.76 Å². The van der Waals surface area contributed by atoms with Gasteiger partial charge in [-0.1, -0.05) is 27.5 Å². The molecule has 0 spiro atoms. The summed E-state index contributed by atoms with van der Waals surface area (Å²) in [5.74, 6) is 0.378. The van der Waals surface area contributed by atoms with E-state index >= 15 is 0 Å². The van der Waals surface area contributed by atoms with Crippen molar-refractivity contribution in [3.05, 3.63) is 63.3 Å². The zero-order valence-corrected chi connectivity index (χ0v) is 15.6. The predicted octanol–water partition coefficient (Wildman–Crippen LogP) is 5.01. The minimum Gasteiger partial charge on any atom is -0.493 e. The molecule has 0 radical (unpaired) electrons. The van der Waals surface area contributed by atoms with Gasteiger partial charge in [0.15, 0.2) is 5.76 Å². The lowest BCUT2D eigenvalue weighted by molar-refractivity contribution is 0.0929. The van der Waals surface area contributed by atoms with E-state index in [1.54, 1.807) is 30.3 Å². The Balaban J connectivity index is 1.75. The number of nitrogens with zero attached hydrogens (tertiary/aromatic N) is 1. The van der Waals surface area contributed by atoms with Crippen LogP contribution < -0.4 is 10.2 Å². The summed E-state index contributed by atoms with van der Waals surface area (Å²) in [4.78, 5) is 12.2. The van der Waals surface area contributed by atoms with Crippen LogP contribution in [0, 0.1) is 0 Å². The van der Waals surface area contributed by atoms with Crippen molar-refractivity contribution in [3.8, 4) is 5.75 Å². The number of hydrazone groups is 1. The number of carbonyl (C=O) groups is 1. The predicted molar refractivity (Wildman–Crippen MR) is 102 cm³/mol. The van der Waals surface area contributed by atoms with Gasteiger partial charge in [-0.25, -0.2) is 5.43 Å². The lowest BCUT2D eigenvalue weighted by atomic mass is 10.2. The van der Waals surface area contributed by atoms with Crippen LogP contribution in [0.5, 0.6) is 5.75 Å². The number of carbonyl (C=O) groups excluding carboxylic acids is 1. The van der Waals surface area contributed by atoms with Crippen LogP contribution in [0.25, 0.3) is 11.0 Å². The molecular weight excluding hydrogens is 408 g/mol. The second-order valence-electron chi connectivity index (χ2n) is 5.11. The molecule has 0 saturated carbocycles. The number of amides is 1. The van der Waals surface area contributed by atoms with Crippen LogP contribution >= 0.6 is 27.5 Å². The third-order valence-corrected chi connectivity index (χ3v) is 4.07. The molecule has 0 saturated heterocycles. The molecule has 2 aromatic carbocycles. The van der Waals surface area contributed by atoms with Gasteiger partial charge in [0.1, 0.15) is 11.3 Å². The molecule has 0 bridgehead atoms. The van der Waals surface area contributed by atoms with E-state index in [1.807, 2.05) is 19.1 Å². The van der Waals surface area contributed by atoms with Crippen molar-refractivity contribution in [1.82, 2.24) is 5.43 Å². The molecule has 0 atom stereocenters. The number of ether oxygens (including phenoxy) is 1. The molecular formula is C18H14BrClN2O3. The minimum atomic E-state index is -0.441. The number of furan rings is 1. The standard InChI is InChI=1S/C18H14BrClN2O3/c1-2-24-15-6-4-14(20)8-12(15)10-21-22-18(23)17-9-11-7-13(19)3-5-16(11)25-17/h3-10H,2H2,1H3,(H,22,23)/b21-10+. The highest BCUT2D eigenvalue weighted by molar-refractivity contribution is 9.10. The van der Waals surface area contributed by atoms with Gasteiger partial charge >= 0.3 is 5.91 Å². The van der Waals surface area contributed by atoms with Gasteiger partial charge in [-0.2, -0.15) is 5.10 Å². The van der Waals surface area contributed by atoms with Gasteiger partial charge in [0.05, 0.1) is 12.8 Å². The Bertz CT molecular complexity index is 953. The van der Waals surface area contributed by atoms with Crippen molar-refractivity contribution in [3.63, 3.8) is 0 Å². The molecule has 0 aliphatic heterocycles. The quantitative estimate of drug-likeness (QED) is 0.465. The van der Waals surface area contributed by atoms with E-state index in [0.29, 0.717) is 28.5 Å². The fraction of sp³-hybridized carbons (Fsp3) is 0.111. The summed E-state index contributed by atoms with van der Waals surface area (Å²) < 4.78 is 11.9. The summed E-state index contributed by atoms with van der Waals surface area (Å²) in [6.07, 6.45) is 1.48. The van der Waals surface area contributed by atoms with Crippen molar-refractivity contribution in [2.45, 2.75) is 6.92 Å². The SMILES string of the molecule is CCOc1ccc(Cl)cc1/C=N/NC(=O)c1cc2cc(Br)ccc2o1. The Kier molecular flexibility index (Phi) is 5.40. The fourth-order valence-electron chi connectivity index (χ4n) is 2.25. The smallest absolute Gasteiger partial charge is 0.307 e. The monoisotopic (exact) mass is 420 g/mol. The van der Waals surface area contributed by atoms with Crippen LogP contribution in [0.3, 0.4) is 0 Å². The maximum atomic E-state index is 12.2. The van der Waals surface area contributed by atoms with Gasteiger partial charge in [0.2, 0.25) is 0 Å². The Morgan fingerprint density at radius 3 is 2.96 bits per heavy atom. The van der Waals surface area contributed by atoms with E-state index in [1.165, 1.54) is 6.21 Å². The van der Waals surface area contributed by atoms with Crippen LogP contribution in [0.1, 0.15) is 23.0 Å². The first-order valence-electron chi connectivity index (χ1n) is 7.51. The van der Waals surface area contributed by atoms with Crippen LogP contribution in [0.2, 0.25) is 5.02 Å². The number of hydrogen-bond acceptors (Lipinski definition) is 4. The van der Waals surface area contributed by atoms with Crippen molar-refractivity contribution >= 4 is 50.6 Å². The molecule has 1 N–H and O–H groups in total. The molecule has 0 aliphatic rings. The molecule has 25 heavy (non-hydrogen) atoms. The second-order valence-corrected chi connectivity index (χ2v) is 6.46. The normalized spacial score (nSPS) is 11.2. The van der Waals surface area contributed by atoms with Crippen molar-refractivity contribution in [1.29, 1.82) is 0 Å². The Morgan fingerprint density at radius 1 is 1.32 bits per heavy atom. The van der Waals surface area contributed by atoms with Gasteiger partial charge < -0.3 is 9.15 Å². The van der Waals surface area contributed by atoms with Crippen LogP contribution in [0.15, 0.2) is 56.5 Å². The maximum absolute atomic E-state index is 12.2. The number of hydrogen-bond donors (Lipinski definition) is 1. The molecule has 3 aromatic rings. The van der Waals surface area contributed by atoms with Gasteiger partial charge in [0.25, 0.3) is 0 Å². The Hall–Kier alpha value is -2.31. The summed E-state index contributed by atoms with van der Waals surface area (Å²) in [7, 11) is 0. The summed E-state index contributed by atoms with van der Waals surface area (Å²) >= 11 is 9.37. The summed E-state index contributed by atoms with van der Waals surface area (Å²) in [5.41, 5.74) is 3.74. The average molecular weight is 422 g/mol. The molecule has 3 rings (SSSR count). The number of nitrogens with one attached hydrogen (secondary N) is 1. The molecule has 5 nitrogen and oxygen atoms in total. The van der Waals surface area contributed by atoms with Crippen LogP contribution in [-0.4, -0.2) is 18.7 Å². The Morgan fingerprint density at radius 2 is 2.16 bits per heavy atom. The molecule has 0 fully saturated rings. The van der Waals surface area contributed by atoms with Gasteiger partial charge in [-0.3, -0.25) is 4.79 Å². The first kappa shape index (κ1) is 17.5. The van der Waals surface area contributed by atoms with E-state index in [4.69, 9.17) is 20.8 Å². The molecule has 0 unspecified atom stereocenters. The topological polar surface area (TPSA) is 63.8 Å². The van der Waals surface area contributed by atoms with E-state index in [0.717, 1.165) is 9.86 Å². The van der Waals surface area contributed by atoms with E-state index in [9.17, 15) is 4.79 Å².